The Morgan fingerprint density at radius 3 is 3.05 bits per heavy atom. The minimum Gasteiger partial charge on any atom is -0.459 e. The maximum atomic E-state index is 12.9. The largest absolute Gasteiger partial charge is 0.459 e. The molecule has 100 valence electrons. The van der Waals surface area contributed by atoms with Crippen LogP contribution < -0.4 is 0 Å². The smallest absolute Gasteiger partial charge is 0.396 e. The average Bonchev–Trinajstić information content (AvgIpc) is 2.86. The molecule has 0 aliphatic carbocycles. The monoisotopic (exact) mass is 283 g/mol. The lowest BCUT2D eigenvalue weighted by Crippen LogP contribution is -2.04. The van der Waals surface area contributed by atoms with E-state index in [9.17, 15) is 9.18 Å². The van der Waals surface area contributed by atoms with E-state index in [1.165, 1.54) is 17.8 Å². The summed E-state index contributed by atoms with van der Waals surface area (Å²) in [5.74, 6) is -0.846. The Labute approximate surface area is 112 Å². The number of thioether (sulfide) groups is 1. The number of hydrogen-bond donors (Lipinski definition) is 0. The summed E-state index contributed by atoms with van der Waals surface area (Å²) in [6, 6.07) is 1.36. The van der Waals surface area contributed by atoms with Gasteiger partial charge in [-0.3, -0.25) is 4.98 Å². The zero-order valence-electron chi connectivity index (χ0n) is 10.00. The summed E-state index contributed by atoms with van der Waals surface area (Å²) >= 11 is 1.18. The fourth-order valence-corrected chi connectivity index (χ4v) is 1.91. The van der Waals surface area contributed by atoms with Crippen LogP contribution in [0.2, 0.25) is 0 Å². The summed E-state index contributed by atoms with van der Waals surface area (Å²) in [5, 5.41) is 7.47. The van der Waals surface area contributed by atoms with Crippen LogP contribution in [0.1, 0.15) is 23.2 Å². The molecule has 0 radical (unpaired) electrons. The van der Waals surface area contributed by atoms with Gasteiger partial charge in [-0.05, 0) is 18.6 Å². The van der Waals surface area contributed by atoms with Crippen molar-refractivity contribution in [2.75, 3.05) is 6.61 Å². The van der Waals surface area contributed by atoms with E-state index in [1.807, 2.05) is 0 Å². The number of pyridine rings is 1. The first-order chi connectivity index (χ1) is 9.19. The van der Waals surface area contributed by atoms with Crippen molar-refractivity contribution in [2.45, 2.75) is 17.9 Å². The third kappa shape index (κ3) is 3.75. The predicted octanol–water partition coefficient (Wildman–Crippen LogP) is 2.07. The van der Waals surface area contributed by atoms with Gasteiger partial charge in [0, 0.05) is 11.9 Å². The molecule has 2 aromatic rings. The highest BCUT2D eigenvalue weighted by Crippen LogP contribution is 2.21. The van der Waals surface area contributed by atoms with Gasteiger partial charge in [0.25, 0.3) is 5.22 Å². The van der Waals surface area contributed by atoms with Gasteiger partial charge in [0.05, 0.1) is 12.8 Å². The normalized spacial score (nSPS) is 10.4. The average molecular weight is 283 g/mol. The summed E-state index contributed by atoms with van der Waals surface area (Å²) < 4.78 is 22.7. The number of rotatable bonds is 5. The van der Waals surface area contributed by atoms with Gasteiger partial charge in [-0.25, -0.2) is 9.18 Å². The number of ether oxygens (including phenoxy) is 1. The molecule has 0 bridgehead atoms. The summed E-state index contributed by atoms with van der Waals surface area (Å²) in [5.41, 5.74) is 0.681. The number of aromatic nitrogens is 3. The molecular weight excluding hydrogens is 273 g/mol. The molecule has 0 saturated heterocycles. The van der Waals surface area contributed by atoms with Gasteiger partial charge in [0.1, 0.15) is 5.82 Å². The topological polar surface area (TPSA) is 78.1 Å². The van der Waals surface area contributed by atoms with E-state index in [0.717, 1.165) is 6.20 Å². The van der Waals surface area contributed by atoms with Crippen molar-refractivity contribution in [3.05, 3.63) is 35.7 Å². The van der Waals surface area contributed by atoms with Gasteiger partial charge < -0.3 is 9.15 Å². The van der Waals surface area contributed by atoms with E-state index >= 15 is 0 Å². The molecule has 8 heteroatoms. The van der Waals surface area contributed by atoms with Crippen molar-refractivity contribution in [1.29, 1.82) is 0 Å². The van der Waals surface area contributed by atoms with Crippen molar-refractivity contribution in [1.82, 2.24) is 15.2 Å². The van der Waals surface area contributed by atoms with Gasteiger partial charge in [-0.1, -0.05) is 16.9 Å². The third-order valence-electron chi connectivity index (χ3n) is 1.98. The number of esters is 1. The summed E-state index contributed by atoms with van der Waals surface area (Å²) in [6.07, 6.45) is 2.67. The molecule has 0 unspecified atom stereocenters. The molecule has 0 saturated carbocycles. The molecule has 19 heavy (non-hydrogen) atoms. The van der Waals surface area contributed by atoms with Crippen LogP contribution in [0.25, 0.3) is 0 Å². The lowest BCUT2D eigenvalue weighted by molar-refractivity contribution is 0.0475. The first-order valence-corrected chi connectivity index (χ1v) is 6.40. The Balaban J connectivity index is 1.95. The maximum Gasteiger partial charge on any atom is 0.396 e. The summed E-state index contributed by atoms with van der Waals surface area (Å²) in [6.45, 7) is 1.92. The second kappa shape index (κ2) is 6.28. The Bertz CT molecular complexity index is 576. The van der Waals surface area contributed by atoms with Crippen LogP contribution in [0.3, 0.4) is 0 Å². The highest BCUT2D eigenvalue weighted by molar-refractivity contribution is 7.98. The standard InChI is InChI=1S/C11H10FN3O3S/c1-2-17-10(16)9-14-15-11(18-9)19-6-7-3-8(12)5-13-4-7/h3-5H,2,6H2,1H3. The number of carbonyl (C=O) groups excluding carboxylic acids is 1. The lowest BCUT2D eigenvalue weighted by atomic mass is 10.3. The molecule has 6 nitrogen and oxygen atoms in total. The second-order valence-electron chi connectivity index (χ2n) is 3.39. The molecule has 2 rings (SSSR count). The molecule has 0 atom stereocenters. The molecule has 0 N–H and O–H groups in total. The summed E-state index contributed by atoms with van der Waals surface area (Å²) in [7, 11) is 0. The zero-order valence-corrected chi connectivity index (χ0v) is 10.8. The van der Waals surface area contributed by atoms with Crippen LogP contribution in [0.4, 0.5) is 4.39 Å². The Morgan fingerprint density at radius 1 is 1.47 bits per heavy atom. The van der Waals surface area contributed by atoms with Crippen LogP contribution in [0, 0.1) is 5.82 Å². The zero-order chi connectivity index (χ0) is 13.7. The number of carbonyl (C=O) groups is 1. The second-order valence-corrected chi connectivity index (χ2v) is 4.32. The van der Waals surface area contributed by atoms with Crippen molar-refractivity contribution in [3.8, 4) is 0 Å². The van der Waals surface area contributed by atoms with Gasteiger partial charge >= 0.3 is 11.9 Å². The van der Waals surface area contributed by atoms with Crippen molar-refractivity contribution >= 4 is 17.7 Å². The molecule has 0 aromatic carbocycles. The minimum absolute atomic E-state index is 0.193. The van der Waals surface area contributed by atoms with E-state index < -0.39 is 11.8 Å². The van der Waals surface area contributed by atoms with Gasteiger partial charge in [-0.2, -0.15) is 0 Å². The number of nitrogens with zero attached hydrogens (tertiary/aromatic N) is 3. The van der Waals surface area contributed by atoms with Crippen LogP contribution in [0.15, 0.2) is 28.1 Å². The van der Waals surface area contributed by atoms with Crippen LogP contribution in [-0.2, 0) is 10.5 Å². The Kier molecular flexibility index (Phi) is 4.45. The van der Waals surface area contributed by atoms with Crippen molar-refractivity contribution < 1.29 is 18.3 Å². The summed E-state index contributed by atoms with van der Waals surface area (Å²) in [4.78, 5) is 15.0. The highest BCUT2D eigenvalue weighted by Gasteiger charge is 2.16. The molecule has 0 spiro atoms. The van der Waals surface area contributed by atoms with Crippen LogP contribution >= 0.6 is 11.8 Å². The molecule has 2 heterocycles. The lowest BCUT2D eigenvalue weighted by Gasteiger charge is -1.97. The molecule has 0 aliphatic heterocycles. The fourth-order valence-electron chi connectivity index (χ4n) is 1.22. The highest BCUT2D eigenvalue weighted by atomic mass is 32.2. The van der Waals surface area contributed by atoms with Crippen LogP contribution in [-0.4, -0.2) is 27.8 Å². The molecule has 0 amide bonds. The first-order valence-electron chi connectivity index (χ1n) is 5.42. The predicted molar refractivity (Wildman–Crippen MR) is 64.0 cm³/mol. The van der Waals surface area contributed by atoms with Gasteiger partial charge in [0.15, 0.2) is 0 Å². The van der Waals surface area contributed by atoms with E-state index in [2.05, 4.69) is 15.2 Å². The van der Waals surface area contributed by atoms with Crippen molar-refractivity contribution in [2.24, 2.45) is 0 Å². The molecular formula is C11H10FN3O3S. The Hall–Kier alpha value is -1.96. The van der Waals surface area contributed by atoms with E-state index in [1.54, 1.807) is 13.1 Å². The molecule has 0 aliphatic rings. The van der Waals surface area contributed by atoms with Crippen molar-refractivity contribution in [3.63, 3.8) is 0 Å². The van der Waals surface area contributed by atoms with Gasteiger partial charge in [-0.15, -0.1) is 5.10 Å². The number of halogens is 1. The van der Waals surface area contributed by atoms with E-state index in [0.29, 0.717) is 11.3 Å². The fraction of sp³-hybridized carbons (Fsp3) is 0.273. The van der Waals surface area contributed by atoms with Crippen LogP contribution in [0.5, 0.6) is 0 Å². The Morgan fingerprint density at radius 2 is 2.32 bits per heavy atom. The SMILES string of the molecule is CCOC(=O)c1nnc(SCc2cncc(F)c2)o1. The first kappa shape index (κ1) is 13.5. The minimum atomic E-state index is -0.658. The molecule has 2 aromatic heterocycles. The molecule has 0 fully saturated rings. The van der Waals surface area contributed by atoms with Gasteiger partial charge in [0.2, 0.25) is 0 Å². The third-order valence-corrected chi connectivity index (χ3v) is 2.87. The quantitative estimate of drug-likeness (QED) is 0.614. The van der Waals surface area contributed by atoms with E-state index in [4.69, 9.17) is 9.15 Å². The van der Waals surface area contributed by atoms with E-state index in [-0.39, 0.29) is 17.7 Å². The maximum absolute atomic E-state index is 12.9. The number of hydrogen-bond acceptors (Lipinski definition) is 7.